The van der Waals surface area contributed by atoms with Crippen LogP contribution in [0.15, 0.2) is 23.0 Å². The third-order valence-corrected chi connectivity index (χ3v) is 4.43. The van der Waals surface area contributed by atoms with E-state index in [1.807, 2.05) is 18.9 Å². The molecule has 0 aromatic carbocycles. The molecule has 1 saturated heterocycles. The van der Waals surface area contributed by atoms with E-state index in [9.17, 15) is 4.79 Å². The van der Waals surface area contributed by atoms with Crippen molar-refractivity contribution in [1.82, 2.24) is 20.0 Å². The maximum atomic E-state index is 12.6. The Kier molecular flexibility index (Phi) is 5.08. The van der Waals surface area contributed by atoms with Crippen LogP contribution < -0.4 is 5.32 Å². The summed E-state index contributed by atoms with van der Waals surface area (Å²) in [5.41, 5.74) is 1.36. The second-order valence-corrected chi connectivity index (χ2v) is 6.10. The van der Waals surface area contributed by atoms with Gasteiger partial charge in [0.25, 0.3) is 5.91 Å². The molecule has 2 aromatic heterocycles. The highest BCUT2D eigenvalue weighted by Crippen LogP contribution is 2.23. The first kappa shape index (κ1) is 16.4. The van der Waals surface area contributed by atoms with Gasteiger partial charge >= 0.3 is 0 Å². The smallest absolute Gasteiger partial charge is 0.276 e. The van der Waals surface area contributed by atoms with Crippen molar-refractivity contribution in [1.29, 1.82) is 0 Å². The topological polar surface area (TPSA) is 84.2 Å². The molecule has 1 atom stereocenters. The Balaban J connectivity index is 1.66. The van der Waals surface area contributed by atoms with Gasteiger partial charge in [0.15, 0.2) is 5.69 Å². The summed E-state index contributed by atoms with van der Waals surface area (Å²) in [6, 6.07) is 1.74. The number of likely N-dealkylation sites (tertiary alicyclic amines) is 1. The molecule has 0 aliphatic carbocycles. The Morgan fingerprint density at radius 1 is 1.42 bits per heavy atom. The van der Waals surface area contributed by atoms with Gasteiger partial charge in [-0.25, -0.2) is 4.98 Å². The standard InChI is InChI=1S/C17H23N5O2/c1-3-13-10-15(21-24-13)17(23)22-8-4-5-12(11-22)9-14-16(18-2)20-7-6-19-14/h6-7,10,12H,3-5,8-9,11H2,1-2H3,(H,18,20)/t12-/m1/s1. The molecule has 2 aromatic rings. The van der Waals surface area contributed by atoms with Crippen molar-refractivity contribution in [3.8, 4) is 0 Å². The van der Waals surface area contributed by atoms with Gasteiger partial charge in [0, 0.05) is 45.0 Å². The number of carbonyl (C=O) groups excluding carboxylic acids is 1. The lowest BCUT2D eigenvalue weighted by atomic mass is 9.93. The van der Waals surface area contributed by atoms with Crippen LogP contribution in [-0.4, -0.2) is 46.1 Å². The quantitative estimate of drug-likeness (QED) is 0.905. The molecule has 128 valence electrons. The summed E-state index contributed by atoms with van der Waals surface area (Å²) in [7, 11) is 1.85. The number of hydrogen-bond donors (Lipinski definition) is 1. The van der Waals surface area contributed by atoms with E-state index in [2.05, 4.69) is 20.4 Å². The second-order valence-electron chi connectivity index (χ2n) is 6.10. The molecule has 1 aliphatic rings. The van der Waals surface area contributed by atoms with Crippen LogP contribution in [0.1, 0.15) is 41.7 Å². The predicted molar refractivity (Wildman–Crippen MR) is 89.8 cm³/mol. The average molecular weight is 329 g/mol. The minimum Gasteiger partial charge on any atom is -0.372 e. The van der Waals surface area contributed by atoms with E-state index in [1.165, 1.54) is 0 Å². The number of piperidine rings is 1. The molecule has 24 heavy (non-hydrogen) atoms. The van der Waals surface area contributed by atoms with Crippen LogP contribution in [0.5, 0.6) is 0 Å². The minimum absolute atomic E-state index is 0.0452. The van der Waals surface area contributed by atoms with Gasteiger partial charge in [-0.3, -0.25) is 9.78 Å². The van der Waals surface area contributed by atoms with Crippen LogP contribution in [0.4, 0.5) is 5.82 Å². The van der Waals surface area contributed by atoms with Crippen molar-refractivity contribution in [3.05, 3.63) is 35.6 Å². The molecule has 0 bridgehead atoms. The Hall–Kier alpha value is -2.44. The molecule has 7 nitrogen and oxygen atoms in total. The molecule has 1 N–H and O–H groups in total. The molecule has 3 heterocycles. The first-order chi connectivity index (χ1) is 11.7. The molecular weight excluding hydrogens is 306 g/mol. The van der Waals surface area contributed by atoms with Crippen molar-refractivity contribution >= 4 is 11.7 Å². The van der Waals surface area contributed by atoms with Gasteiger partial charge in [0.2, 0.25) is 0 Å². The van der Waals surface area contributed by atoms with Crippen molar-refractivity contribution in [2.45, 2.75) is 32.6 Å². The van der Waals surface area contributed by atoms with Crippen LogP contribution in [0.2, 0.25) is 0 Å². The molecule has 1 amide bonds. The number of aryl methyl sites for hydroxylation is 1. The number of carbonyl (C=O) groups is 1. The molecule has 0 spiro atoms. The van der Waals surface area contributed by atoms with E-state index in [1.54, 1.807) is 18.5 Å². The van der Waals surface area contributed by atoms with E-state index in [-0.39, 0.29) is 5.91 Å². The van der Waals surface area contributed by atoms with Gasteiger partial charge in [-0.15, -0.1) is 0 Å². The van der Waals surface area contributed by atoms with Gasteiger partial charge in [0.05, 0.1) is 5.69 Å². The van der Waals surface area contributed by atoms with Gasteiger partial charge < -0.3 is 14.7 Å². The number of amides is 1. The van der Waals surface area contributed by atoms with Gasteiger partial charge in [0.1, 0.15) is 11.6 Å². The Labute approximate surface area is 141 Å². The number of rotatable bonds is 5. The van der Waals surface area contributed by atoms with Crippen LogP contribution in [0.25, 0.3) is 0 Å². The highest BCUT2D eigenvalue weighted by Gasteiger charge is 2.27. The molecule has 0 radical (unpaired) electrons. The molecule has 0 saturated carbocycles. The molecule has 0 unspecified atom stereocenters. The first-order valence-electron chi connectivity index (χ1n) is 8.43. The van der Waals surface area contributed by atoms with Crippen LogP contribution in [0, 0.1) is 5.92 Å². The largest absolute Gasteiger partial charge is 0.372 e. The zero-order chi connectivity index (χ0) is 16.9. The maximum Gasteiger partial charge on any atom is 0.276 e. The number of nitrogens with zero attached hydrogens (tertiary/aromatic N) is 4. The predicted octanol–water partition coefficient (Wildman–Crippen LogP) is 2.16. The Bertz CT molecular complexity index is 700. The summed E-state index contributed by atoms with van der Waals surface area (Å²) in [6.07, 6.45) is 7.02. The zero-order valence-corrected chi connectivity index (χ0v) is 14.2. The Morgan fingerprint density at radius 3 is 3.00 bits per heavy atom. The van der Waals surface area contributed by atoms with E-state index < -0.39 is 0 Å². The number of hydrogen-bond acceptors (Lipinski definition) is 6. The molecule has 7 heteroatoms. The van der Waals surface area contributed by atoms with Crippen molar-refractivity contribution < 1.29 is 9.32 Å². The van der Waals surface area contributed by atoms with Crippen molar-refractivity contribution in [2.24, 2.45) is 5.92 Å². The summed E-state index contributed by atoms with van der Waals surface area (Å²) in [5, 5.41) is 6.98. The summed E-state index contributed by atoms with van der Waals surface area (Å²) in [5.74, 6) is 1.88. The van der Waals surface area contributed by atoms with Crippen LogP contribution >= 0.6 is 0 Å². The lowest BCUT2D eigenvalue weighted by molar-refractivity contribution is 0.0662. The SMILES string of the molecule is CCc1cc(C(=O)N2CCC[C@H](Cc3nccnc3NC)C2)no1. The van der Waals surface area contributed by atoms with Gasteiger partial charge in [-0.1, -0.05) is 12.1 Å². The first-order valence-corrected chi connectivity index (χ1v) is 8.43. The molecule has 1 aliphatic heterocycles. The fraction of sp³-hybridized carbons (Fsp3) is 0.529. The van der Waals surface area contributed by atoms with Gasteiger partial charge in [-0.2, -0.15) is 0 Å². The third-order valence-electron chi connectivity index (χ3n) is 4.43. The van der Waals surface area contributed by atoms with E-state index >= 15 is 0 Å². The van der Waals surface area contributed by atoms with Crippen LogP contribution in [0.3, 0.4) is 0 Å². The number of aromatic nitrogens is 3. The fourth-order valence-electron chi connectivity index (χ4n) is 3.16. The van der Waals surface area contributed by atoms with Crippen molar-refractivity contribution in [2.75, 3.05) is 25.5 Å². The molecule has 3 rings (SSSR count). The minimum atomic E-state index is -0.0452. The van der Waals surface area contributed by atoms with E-state index in [4.69, 9.17) is 4.52 Å². The third kappa shape index (κ3) is 3.55. The molecular formula is C17H23N5O2. The lowest BCUT2D eigenvalue weighted by Crippen LogP contribution is -2.40. The van der Waals surface area contributed by atoms with Crippen molar-refractivity contribution in [3.63, 3.8) is 0 Å². The zero-order valence-electron chi connectivity index (χ0n) is 14.2. The lowest BCUT2D eigenvalue weighted by Gasteiger charge is -2.32. The van der Waals surface area contributed by atoms with Gasteiger partial charge in [-0.05, 0) is 25.2 Å². The molecule has 1 fully saturated rings. The summed E-state index contributed by atoms with van der Waals surface area (Å²) in [6.45, 7) is 3.46. The Morgan fingerprint density at radius 2 is 2.25 bits per heavy atom. The van der Waals surface area contributed by atoms with E-state index in [0.29, 0.717) is 18.2 Å². The summed E-state index contributed by atoms with van der Waals surface area (Å²) >= 11 is 0. The fourth-order valence-corrected chi connectivity index (χ4v) is 3.16. The average Bonchev–Trinajstić information content (AvgIpc) is 3.11. The highest BCUT2D eigenvalue weighted by atomic mass is 16.5. The summed E-state index contributed by atoms with van der Waals surface area (Å²) in [4.78, 5) is 23.2. The summed E-state index contributed by atoms with van der Waals surface area (Å²) < 4.78 is 5.15. The maximum absolute atomic E-state index is 12.6. The highest BCUT2D eigenvalue weighted by molar-refractivity contribution is 5.92. The normalized spacial score (nSPS) is 17.8. The van der Waals surface area contributed by atoms with Crippen LogP contribution in [-0.2, 0) is 12.8 Å². The monoisotopic (exact) mass is 329 g/mol. The number of nitrogens with one attached hydrogen (secondary N) is 1. The van der Waals surface area contributed by atoms with E-state index in [0.717, 1.165) is 49.5 Å². The second kappa shape index (κ2) is 7.42. The number of anilines is 1.